The van der Waals surface area contributed by atoms with E-state index >= 15 is 0 Å². The van der Waals surface area contributed by atoms with E-state index < -0.39 is 0 Å². The molecule has 1 saturated heterocycles. The summed E-state index contributed by atoms with van der Waals surface area (Å²) in [5.41, 5.74) is 1.53. The molecule has 2 fully saturated rings. The van der Waals surface area contributed by atoms with Crippen LogP contribution in [0.3, 0.4) is 0 Å². The van der Waals surface area contributed by atoms with Crippen molar-refractivity contribution < 1.29 is 4.39 Å². The molecule has 2 unspecified atom stereocenters. The van der Waals surface area contributed by atoms with Gasteiger partial charge in [0.15, 0.2) is 0 Å². The minimum atomic E-state index is -0.236. The highest BCUT2D eigenvalue weighted by molar-refractivity contribution is 5.17. The van der Waals surface area contributed by atoms with E-state index in [1.165, 1.54) is 18.4 Å². The Bertz CT molecular complexity index is 432. The number of nitrogens with zero attached hydrogens (tertiary/aromatic N) is 1. The molecular formula is C17H25FN2. The maximum atomic E-state index is 12.9. The number of piperazine rings is 1. The molecule has 2 nitrogen and oxygen atoms in total. The van der Waals surface area contributed by atoms with Gasteiger partial charge in [0.05, 0.1) is 0 Å². The first-order valence-electron chi connectivity index (χ1n) is 7.81. The Kier molecular flexibility index (Phi) is 4.08. The van der Waals surface area contributed by atoms with Gasteiger partial charge in [-0.05, 0) is 37.7 Å². The summed E-state index contributed by atoms with van der Waals surface area (Å²) >= 11 is 0. The summed E-state index contributed by atoms with van der Waals surface area (Å²) in [6.45, 7) is 4.62. The molecule has 1 aliphatic heterocycles. The molecular weight excluding hydrogens is 251 g/mol. The summed E-state index contributed by atoms with van der Waals surface area (Å²) in [6, 6.07) is 11.0. The van der Waals surface area contributed by atoms with Crippen LogP contribution in [0.2, 0.25) is 0 Å². The van der Waals surface area contributed by atoms with Gasteiger partial charge in [0, 0.05) is 31.2 Å². The molecule has 1 aromatic carbocycles. The number of benzene rings is 1. The Morgan fingerprint density at radius 2 is 2.05 bits per heavy atom. The molecule has 1 N–H and O–H groups in total. The van der Waals surface area contributed by atoms with Crippen molar-refractivity contribution in [2.75, 3.05) is 26.3 Å². The largest absolute Gasteiger partial charge is 0.311 e. The Morgan fingerprint density at radius 1 is 1.30 bits per heavy atom. The van der Waals surface area contributed by atoms with Crippen LogP contribution in [-0.4, -0.2) is 42.8 Å². The van der Waals surface area contributed by atoms with Gasteiger partial charge < -0.3 is 5.32 Å². The Morgan fingerprint density at radius 3 is 2.70 bits per heavy atom. The molecule has 0 bridgehead atoms. The highest BCUT2D eigenvalue weighted by Gasteiger charge is 2.47. The molecule has 3 rings (SSSR count). The van der Waals surface area contributed by atoms with Gasteiger partial charge in [0.2, 0.25) is 0 Å². The number of hydrogen-bond donors (Lipinski definition) is 1. The van der Waals surface area contributed by atoms with Crippen molar-refractivity contribution in [2.45, 2.75) is 37.8 Å². The van der Waals surface area contributed by atoms with Crippen LogP contribution in [0.25, 0.3) is 0 Å². The van der Waals surface area contributed by atoms with Crippen LogP contribution < -0.4 is 5.32 Å². The third kappa shape index (κ3) is 2.89. The Labute approximate surface area is 121 Å². The van der Waals surface area contributed by atoms with E-state index in [0.29, 0.717) is 12.6 Å². The fourth-order valence-electron chi connectivity index (χ4n) is 3.59. The maximum absolute atomic E-state index is 12.9. The maximum Gasteiger partial charge on any atom is 0.102 e. The zero-order valence-electron chi connectivity index (χ0n) is 12.3. The smallest absolute Gasteiger partial charge is 0.102 e. The quantitative estimate of drug-likeness (QED) is 0.889. The molecule has 1 aromatic rings. The molecule has 2 aliphatic rings. The minimum absolute atomic E-state index is 0.166. The predicted octanol–water partition coefficient (Wildman–Crippen LogP) is 2.64. The van der Waals surface area contributed by atoms with E-state index in [2.05, 4.69) is 47.5 Å². The summed E-state index contributed by atoms with van der Waals surface area (Å²) in [5.74, 6) is 0.763. The highest BCUT2D eigenvalue weighted by atomic mass is 19.1. The van der Waals surface area contributed by atoms with Crippen LogP contribution in [0.15, 0.2) is 30.3 Å². The van der Waals surface area contributed by atoms with Crippen LogP contribution in [0, 0.1) is 5.92 Å². The molecule has 0 spiro atoms. The van der Waals surface area contributed by atoms with Gasteiger partial charge in [-0.2, -0.15) is 0 Å². The molecule has 0 amide bonds. The van der Waals surface area contributed by atoms with E-state index in [9.17, 15) is 4.39 Å². The van der Waals surface area contributed by atoms with Crippen LogP contribution >= 0.6 is 0 Å². The minimum Gasteiger partial charge on any atom is -0.311 e. The zero-order valence-corrected chi connectivity index (χ0v) is 12.3. The van der Waals surface area contributed by atoms with Gasteiger partial charge in [-0.25, -0.2) is 4.39 Å². The van der Waals surface area contributed by atoms with E-state index in [4.69, 9.17) is 0 Å². The lowest BCUT2D eigenvalue weighted by Gasteiger charge is -2.48. The van der Waals surface area contributed by atoms with Crippen LogP contribution in [0.1, 0.15) is 25.3 Å². The molecule has 1 heterocycles. The van der Waals surface area contributed by atoms with Gasteiger partial charge in [-0.1, -0.05) is 30.3 Å². The first-order chi connectivity index (χ1) is 9.72. The second-order valence-electron chi connectivity index (χ2n) is 6.53. The topological polar surface area (TPSA) is 15.3 Å². The summed E-state index contributed by atoms with van der Waals surface area (Å²) in [4.78, 5) is 2.40. The van der Waals surface area contributed by atoms with Gasteiger partial charge in [0.1, 0.15) is 6.67 Å². The first kappa shape index (κ1) is 14.0. The zero-order chi connectivity index (χ0) is 14.0. The molecule has 0 radical (unpaired) electrons. The van der Waals surface area contributed by atoms with E-state index in [1.54, 1.807) is 0 Å². The normalized spacial score (nSPS) is 31.4. The van der Waals surface area contributed by atoms with Gasteiger partial charge >= 0.3 is 0 Å². The second-order valence-corrected chi connectivity index (χ2v) is 6.53. The number of rotatable bonds is 5. The lowest BCUT2D eigenvalue weighted by molar-refractivity contribution is 0.0303. The summed E-state index contributed by atoms with van der Waals surface area (Å²) in [5, 5.41) is 3.70. The van der Waals surface area contributed by atoms with Crippen molar-refractivity contribution in [2.24, 2.45) is 5.92 Å². The average molecular weight is 276 g/mol. The van der Waals surface area contributed by atoms with Crippen molar-refractivity contribution >= 4 is 0 Å². The lowest BCUT2D eigenvalue weighted by atomic mass is 9.88. The molecule has 20 heavy (non-hydrogen) atoms. The predicted molar refractivity (Wildman–Crippen MR) is 80.6 cm³/mol. The molecule has 1 aliphatic carbocycles. The third-order valence-electron chi connectivity index (χ3n) is 5.05. The summed E-state index contributed by atoms with van der Waals surface area (Å²) < 4.78 is 12.9. The summed E-state index contributed by atoms with van der Waals surface area (Å²) in [7, 11) is 0. The van der Waals surface area contributed by atoms with Crippen molar-refractivity contribution in [1.82, 2.24) is 10.2 Å². The molecule has 3 heteroatoms. The van der Waals surface area contributed by atoms with Gasteiger partial charge in [-0.3, -0.25) is 4.90 Å². The lowest BCUT2D eigenvalue weighted by Crippen LogP contribution is -2.65. The third-order valence-corrected chi connectivity index (χ3v) is 5.05. The fraction of sp³-hybridized carbons (Fsp3) is 0.647. The van der Waals surface area contributed by atoms with Crippen molar-refractivity contribution in [1.29, 1.82) is 0 Å². The standard InChI is InChI=1S/C17H25FN2/c1-17(15-7-8-15)13-19-16(12-20(17)10-9-18)11-14-5-3-2-4-6-14/h2-6,15-16,19H,7-13H2,1H3. The van der Waals surface area contributed by atoms with E-state index in [-0.39, 0.29) is 12.2 Å². The van der Waals surface area contributed by atoms with Crippen molar-refractivity contribution in [3.8, 4) is 0 Å². The fourth-order valence-corrected chi connectivity index (χ4v) is 3.59. The molecule has 1 saturated carbocycles. The highest BCUT2D eigenvalue weighted by Crippen LogP contribution is 2.43. The Balaban J connectivity index is 1.65. The van der Waals surface area contributed by atoms with Crippen LogP contribution in [-0.2, 0) is 6.42 Å². The number of hydrogen-bond acceptors (Lipinski definition) is 2. The van der Waals surface area contributed by atoms with E-state index in [1.807, 2.05) is 0 Å². The molecule has 2 atom stereocenters. The van der Waals surface area contributed by atoms with Gasteiger partial charge in [-0.15, -0.1) is 0 Å². The monoisotopic (exact) mass is 276 g/mol. The molecule has 0 aromatic heterocycles. The molecule has 110 valence electrons. The Hall–Kier alpha value is -0.930. The average Bonchev–Trinajstić information content (AvgIpc) is 3.29. The SMILES string of the molecule is CC1(C2CC2)CNC(Cc2ccccc2)CN1CCF. The van der Waals surface area contributed by atoms with Crippen LogP contribution in [0.5, 0.6) is 0 Å². The van der Waals surface area contributed by atoms with Gasteiger partial charge in [0.25, 0.3) is 0 Å². The van der Waals surface area contributed by atoms with Crippen molar-refractivity contribution in [3.05, 3.63) is 35.9 Å². The second kappa shape index (κ2) is 5.82. The summed E-state index contributed by atoms with van der Waals surface area (Å²) in [6.07, 6.45) is 3.65. The number of nitrogens with one attached hydrogen (secondary N) is 1. The van der Waals surface area contributed by atoms with Crippen LogP contribution in [0.4, 0.5) is 4.39 Å². The van der Waals surface area contributed by atoms with E-state index in [0.717, 1.165) is 25.4 Å². The number of alkyl halides is 1. The number of halogens is 1. The first-order valence-corrected chi connectivity index (χ1v) is 7.81. The van der Waals surface area contributed by atoms with Crippen molar-refractivity contribution in [3.63, 3.8) is 0 Å².